The molecule has 2 rings (SSSR count). The summed E-state index contributed by atoms with van der Waals surface area (Å²) in [6.07, 6.45) is 1.80. The lowest BCUT2D eigenvalue weighted by molar-refractivity contribution is 1.05. The fraction of sp³-hybridized carbons (Fsp3) is 0.214. The van der Waals surface area contributed by atoms with Crippen LogP contribution < -0.4 is 11.1 Å². The number of nitrogens with two attached hydrogens (primary N) is 1. The Labute approximate surface area is 102 Å². The topological polar surface area (TPSA) is 50.9 Å². The van der Waals surface area contributed by atoms with E-state index in [1.807, 2.05) is 12.1 Å². The number of benzene rings is 1. The number of hydrogen-bond donors (Lipinski definition) is 2. The third kappa shape index (κ3) is 2.82. The molecule has 0 atom stereocenters. The van der Waals surface area contributed by atoms with Crippen LogP contribution in [0.5, 0.6) is 0 Å². The van der Waals surface area contributed by atoms with Gasteiger partial charge in [0, 0.05) is 18.4 Å². The van der Waals surface area contributed by atoms with Crippen molar-refractivity contribution in [3.8, 4) is 0 Å². The van der Waals surface area contributed by atoms with Crippen LogP contribution in [0.3, 0.4) is 0 Å². The first-order chi connectivity index (χ1) is 8.19. The van der Waals surface area contributed by atoms with E-state index < -0.39 is 0 Å². The summed E-state index contributed by atoms with van der Waals surface area (Å²) in [5.41, 5.74) is 10.1. The van der Waals surface area contributed by atoms with Crippen molar-refractivity contribution in [2.75, 3.05) is 5.32 Å². The third-order valence-corrected chi connectivity index (χ3v) is 2.72. The van der Waals surface area contributed by atoms with Crippen LogP contribution in [0.25, 0.3) is 0 Å². The van der Waals surface area contributed by atoms with E-state index in [2.05, 4.69) is 42.3 Å². The molecular formula is C14H17N3. The van der Waals surface area contributed by atoms with E-state index >= 15 is 0 Å². The molecule has 0 aliphatic rings. The molecule has 0 amide bonds. The summed E-state index contributed by atoms with van der Waals surface area (Å²) in [7, 11) is 0. The zero-order valence-electron chi connectivity index (χ0n) is 10.2. The van der Waals surface area contributed by atoms with Crippen molar-refractivity contribution in [2.24, 2.45) is 5.73 Å². The lowest BCUT2D eigenvalue weighted by atomic mass is 10.1. The van der Waals surface area contributed by atoms with Crippen molar-refractivity contribution in [1.29, 1.82) is 0 Å². The summed E-state index contributed by atoms with van der Waals surface area (Å²) in [5.74, 6) is 0.843. The van der Waals surface area contributed by atoms with Gasteiger partial charge in [0.25, 0.3) is 0 Å². The zero-order chi connectivity index (χ0) is 12.3. The van der Waals surface area contributed by atoms with Gasteiger partial charge >= 0.3 is 0 Å². The summed E-state index contributed by atoms with van der Waals surface area (Å²) < 4.78 is 0. The second-order valence-corrected chi connectivity index (χ2v) is 4.20. The van der Waals surface area contributed by atoms with Gasteiger partial charge in [0.05, 0.1) is 0 Å². The van der Waals surface area contributed by atoms with Gasteiger partial charge in [0.1, 0.15) is 5.82 Å². The van der Waals surface area contributed by atoms with Crippen LogP contribution in [0.15, 0.2) is 36.5 Å². The van der Waals surface area contributed by atoms with E-state index in [4.69, 9.17) is 5.73 Å². The molecule has 0 unspecified atom stereocenters. The van der Waals surface area contributed by atoms with Crippen molar-refractivity contribution in [3.05, 3.63) is 53.2 Å². The van der Waals surface area contributed by atoms with Crippen LogP contribution in [0.2, 0.25) is 0 Å². The zero-order valence-corrected chi connectivity index (χ0v) is 10.2. The van der Waals surface area contributed by atoms with Crippen LogP contribution >= 0.6 is 0 Å². The van der Waals surface area contributed by atoms with E-state index in [1.54, 1.807) is 6.20 Å². The Morgan fingerprint density at radius 3 is 2.65 bits per heavy atom. The Morgan fingerprint density at radius 2 is 2.00 bits per heavy atom. The minimum atomic E-state index is 0.525. The maximum Gasteiger partial charge on any atom is 0.130 e. The van der Waals surface area contributed by atoms with E-state index in [-0.39, 0.29) is 0 Å². The largest absolute Gasteiger partial charge is 0.340 e. The average Bonchev–Trinajstić information content (AvgIpc) is 2.35. The predicted octanol–water partition coefficient (Wildman–Crippen LogP) is 2.90. The van der Waals surface area contributed by atoms with Crippen molar-refractivity contribution < 1.29 is 0 Å². The lowest BCUT2D eigenvalue weighted by Gasteiger charge is -2.10. The van der Waals surface area contributed by atoms with Crippen molar-refractivity contribution in [2.45, 2.75) is 20.4 Å². The number of nitrogens with one attached hydrogen (secondary N) is 1. The van der Waals surface area contributed by atoms with Crippen molar-refractivity contribution in [3.63, 3.8) is 0 Å². The van der Waals surface area contributed by atoms with E-state index in [1.165, 1.54) is 11.1 Å². The molecule has 1 aromatic carbocycles. The molecular weight excluding hydrogens is 210 g/mol. The fourth-order valence-corrected chi connectivity index (χ4v) is 1.63. The molecule has 17 heavy (non-hydrogen) atoms. The first-order valence-corrected chi connectivity index (χ1v) is 5.68. The molecule has 0 bridgehead atoms. The Bertz CT molecular complexity index is 503. The standard InChI is InChI=1S/C14H17N3/c1-10-3-4-11(2)13(7-10)17-14-6-5-12(8-15)9-16-14/h3-7,9H,8,15H2,1-2H3,(H,16,17). The lowest BCUT2D eigenvalue weighted by Crippen LogP contribution is -1.99. The molecule has 0 aliphatic carbocycles. The molecule has 0 fully saturated rings. The van der Waals surface area contributed by atoms with Crippen LogP contribution in [-0.2, 0) is 6.54 Å². The first kappa shape index (κ1) is 11.6. The van der Waals surface area contributed by atoms with Crippen molar-refractivity contribution >= 4 is 11.5 Å². The van der Waals surface area contributed by atoms with Gasteiger partial charge < -0.3 is 11.1 Å². The van der Waals surface area contributed by atoms with Crippen LogP contribution in [0.4, 0.5) is 11.5 Å². The smallest absolute Gasteiger partial charge is 0.130 e. The van der Waals surface area contributed by atoms with Crippen LogP contribution in [0.1, 0.15) is 16.7 Å². The molecule has 3 N–H and O–H groups in total. The average molecular weight is 227 g/mol. The summed E-state index contributed by atoms with van der Waals surface area (Å²) in [5, 5.41) is 3.31. The van der Waals surface area contributed by atoms with Gasteiger partial charge in [-0.25, -0.2) is 4.98 Å². The van der Waals surface area contributed by atoms with Crippen LogP contribution in [-0.4, -0.2) is 4.98 Å². The molecule has 0 aliphatic heterocycles. The predicted molar refractivity (Wildman–Crippen MR) is 71.3 cm³/mol. The molecule has 2 aromatic rings. The summed E-state index contributed by atoms with van der Waals surface area (Å²) in [6.45, 7) is 4.68. The second kappa shape index (κ2) is 4.97. The molecule has 0 radical (unpaired) electrons. The SMILES string of the molecule is Cc1ccc(C)c(Nc2ccc(CN)cn2)c1. The van der Waals surface area contributed by atoms with E-state index in [9.17, 15) is 0 Å². The molecule has 1 aromatic heterocycles. The van der Waals surface area contributed by atoms with Gasteiger partial charge in [-0.15, -0.1) is 0 Å². The monoisotopic (exact) mass is 227 g/mol. The molecule has 0 saturated heterocycles. The Hall–Kier alpha value is -1.87. The highest BCUT2D eigenvalue weighted by molar-refractivity contribution is 5.61. The highest BCUT2D eigenvalue weighted by Gasteiger charge is 2.00. The van der Waals surface area contributed by atoms with E-state index in [0.717, 1.165) is 17.1 Å². The molecule has 0 saturated carbocycles. The maximum absolute atomic E-state index is 5.54. The minimum Gasteiger partial charge on any atom is -0.340 e. The number of rotatable bonds is 3. The summed E-state index contributed by atoms with van der Waals surface area (Å²) in [6, 6.07) is 10.3. The molecule has 88 valence electrons. The highest BCUT2D eigenvalue weighted by Crippen LogP contribution is 2.20. The van der Waals surface area contributed by atoms with E-state index in [0.29, 0.717) is 6.54 Å². The fourth-order valence-electron chi connectivity index (χ4n) is 1.63. The summed E-state index contributed by atoms with van der Waals surface area (Å²) in [4.78, 5) is 4.32. The van der Waals surface area contributed by atoms with Gasteiger partial charge in [-0.1, -0.05) is 18.2 Å². The molecule has 3 nitrogen and oxygen atoms in total. The first-order valence-electron chi connectivity index (χ1n) is 5.68. The number of pyridine rings is 1. The number of anilines is 2. The number of hydrogen-bond acceptors (Lipinski definition) is 3. The van der Waals surface area contributed by atoms with Gasteiger partial charge in [0.2, 0.25) is 0 Å². The Balaban J connectivity index is 2.22. The number of nitrogens with zero attached hydrogens (tertiary/aromatic N) is 1. The van der Waals surface area contributed by atoms with Crippen LogP contribution in [0, 0.1) is 13.8 Å². The number of aryl methyl sites for hydroxylation is 2. The number of aromatic nitrogens is 1. The van der Waals surface area contributed by atoms with Gasteiger partial charge in [-0.3, -0.25) is 0 Å². The molecule has 1 heterocycles. The molecule has 0 spiro atoms. The van der Waals surface area contributed by atoms with Crippen molar-refractivity contribution in [1.82, 2.24) is 4.98 Å². The maximum atomic E-state index is 5.54. The quantitative estimate of drug-likeness (QED) is 0.847. The Kier molecular flexibility index (Phi) is 3.40. The van der Waals surface area contributed by atoms with Gasteiger partial charge in [0.15, 0.2) is 0 Å². The van der Waals surface area contributed by atoms with Gasteiger partial charge in [-0.2, -0.15) is 0 Å². The highest BCUT2D eigenvalue weighted by atomic mass is 15.0. The second-order valence-electron chi connectivity index (χ2n) is 4.20. The molecule has 3 heteroatoms. The van der Waals surface area contributed by atoms with Gasteiger partial charge in [-0.05, 0) is 42.7 Å². The Morgan fingerprint density at radius 1 is 1.18 bits per heavy atom. The third-order valence-electron chi connectivity index (χ3n) is 2.72. The minimum absolute atomic E-state index is 0.525. The summed E-state index contributed by atoms with van der Waals surface area (Å²) >= 11 is 0. The normalized spacial score (nSPS) is 10.3.